The van der Waals surface area contributed by atoms with Crippen LogP contribution in [0.3, 0.4) is 0 Å². The van der Waals surface area contributed by atoms with Gasteiger partial charge in [0.15, 0.2) is 0 Å². The van der Waals surface area contributed by atoms with E-state index in [0.29, 0.717) is 5.41 Å². The van der Waals surface area contributed by atoms with Gasteiger partial charge in [0, 0.05) is 12.0 Å². The second-order valence-corrected chi connectivity index (χ2v) is 5.26. The molecule has 1 aliphatic rings. The lowest BCUT2D eigenvalue weighted by Gasteiger charge is -2.17. The first-order chi connectivity index (χ1) is 7.68. The first-order valence-electron chi connectivity index (χ1n) is 6.46. The van der Waals surface area contributed by atoms with Gasteiger partial charge in [-0.05, 0) is 56.3 Å². The lowest BCUT2D eigenvalue weighted by atomic mass is 9.93. The van der Waals surface area contributed by atoms with Crippen LogP contribution in [0.15, 0.2) is 18.2 Å². The predicted octanol–water partition coefficient (Wildman–Crippen LogP) is 3.33. The molecular weight excluding hydrogens is 194 g/mol. The van der Waals surface area contributed by atoms with Crippen LogP contribution >= 0.6 is 0 Å². The number of hydrogen-bond acceptors (Lipinski definition) is 1. The van der Waals surface area contributed by atoms with E-state index in [4.69, 9.17) is 0 Å². The summed E-state index contributed by atoms with van der Waals surface area (Å²) in [7, 11) is 0. The molecule has 0 amide bonds. The smallest absolute Gasteiger partial charge is 0.00785 e. The van der Waals surface area contributed by atoms with E-state index < -0.39 is 0 Å². The van der Waals surface area contributed by atoms with Crippen molar-refractivity contribution in [1.29, 1.82) is 0 Å². The average molecular weight is 217 g/mol. The molecule has 1 aromatic rings. The lowest BCUT2D eigenvalue weighted by Crippen LogP contribution is -2.27. The Morgan fingerprint density at radius 3 is 2.50 bits per heavy atom. The van der Waals surface area contributed by atoms with Crippen LogP contribution in [0, 0.1) is 13.8 Å². The van der Waals surface area contributed by atoms with Crippen molar-refractivity contribution in [3.8, 4) is 0 Å². The van der Waals surface area contributed by atoms with Gasteiger partial charge in [0.25, 0.3) is 0 Å². The fourth-order valence-corrected chi connectivity index (χ4v) is 2.29. The van der Waals surface area contributed by atoms with E-state index in [1.54, 1.807) is 5.56 Å². The van der Waals surface area contributed by atoms with Gasteiger partial charge in [0.1, 0.15) is 0 Å². The molecule has 16 heavy (non-hydrogen) atoms. The van der Waals surface area contributed by atoms with Crippen molar-refractivity contribution in [2.24, 2.45) is 0 Å². The number of aryl methyl sites for hydroxylation is 2. The van der Waals surface area contributed by atoms with Gasteiger partial charge < -0.3 is 5.32 Å². The minimum absolute atomic E-state index is 0.466. The molecule has 1 N–H and O–H groups in total. The number of benzene rings is 1. The summed E-state index contributed by atoms with van der Waals surface area (Å²) in [4.78, 5) is 0. The van der Waals surface area contributed by atoms with Gasteiger partial charge in [0.2, 0.25) is 0 Å². The molecular formula is C15H23N. The van der Waals surface area contributed by atoms with Crippen molar-refractivity contribution < 1.29 is 0 Å². The van der Waals surface area contributed by atoms with E-state index in [0.717, 1.165) is 13.1 Å². The summed E-state index contributed by atoms with van der Waals surface area (Å²) in [5, 5.41) is 3.57. The standard InChI is InChI=1S/C15H23N/c1-4-9-16-11-15(7-8-15)14-6-5-12(2)13(3)10-14/h5-6,10,16H,4,7-9,11H2,1-3H3. The van der Waals surface area contributed by atoms with Crippen LogP contribution in [-0.2, 0) is 5.41 Å². The molecule has 2 rings (SSSR count). The third-order valence-corrected chi connectivity index (χ3v) is 3.86. The van der Waals surface area contributed by atoms with Gasteiger partial charge in [-0.2, -0.15) is 0 Å². The molecule has 0 aromatic heterocycles. The van der Waals surface area contributed by atoms with Crippen molar-refractivity contribution in [3.05, 3.63) is 34.9 Å². The van der Waals surface area contributed by atoms with Crippen molar-refractivity contribution in [2.75, 3.05) is 13.1 Å². The SMILES string of the molecule is CCCNCC1(c2ccc(C)c(C)c2)CC1. The molecule has 1 fully saturated rings. The number of hydrogen-bond donors (Lipinski definition) is 1. The van der Waals surface area contributed by atoms with E-state index in [-0.39, 0.29) is 0 Å². The highest BCUT2D eigenvalue weighted by Gasteiger charge is 2.43. The molecule has 1 saturated carbocycles. The van der Waals surface area contributed by atoms with Crippen LogP contribution in [0.2, 0.25) is 0 Å². The van der Waals surface area contributed by atoms with Crippen LogP contribution in [0.5, 0.6) is 0 Å². The minimum atomic E-state index is 0.466. The Morgan fingerprint density at radius 2 is 1.94 bits per heavy atom. The lowest BCUT2D eigenvalue weighted by molar-refractivity contribution is 0.571. The maximum atomic E-state index is 3.57. The molecule has 0 aliphatic heterocycles. The van der Waals surface area contributed by atoms with Gasteiger partial charge >= 0.3 is 0 Å². The zero-order valence-electron chi connectivity index (χ0n) is 10.8. The van der Waals surface area contributed by atoms with Crippen molar-refractivity contribution in [3.63, 3.8) is 0 Å². The van der Waals surface area contributed by atoms with E-state index in [1.165, 1.54) is 30.4 Å². The van der Waals surface area contributed by atoms with Gasteiger partial charge in [0.05, 0.1) is 0 Å². The van der Waals surface area contributed by atoms with E-state index in [9.17, 15) is 0 Å². The van der Waals surface area contributed by atoms with E-state index in [1.807, 2.05) is 0 Å². The van der Waals surface area contributed by atoms with Gasteiger partial charge in [-0.3, -0.25) is 0 Å². The minimum Gasteiger partial charge on any atom is -0.316 e. The second-order valence-electron chi connectivity index (χ2n) is 5.26. The summed E-state index contributed by atoms with van der Waals surface area (Å²) in [6, 6.07) is 6.98. The van der Waals surface area contributed by atoms with Gasteiger partial charge in [-0.15, -0.1) is 0 Å². The maximum absolute atomic E-state index is 3.57. The summed E-state index contributed by atoms with van der Waals surface area (Å²) in [5.41, 5.74) is 4.84. The normalized spacial score (nSPS) is 17.4. The molecule has 0 radical (unpaired) electrons. The zero-order valence-corrected chi connectivity index (χ0v) is 10.8. The summed E-state index contributed by atoms with van der Waals surface area (Å²) in [6.07, 6.45) is 3.93. The van der Waals surface area contributed by atoms with Crippen LogP contribution < -0.4 is 5.32 Å². The summed E-state index contributed by atoms with van der Waals surface area (Å²) >= 11 is 0. The summed E-state index contributed by atoms with van der Waals surface area (Å²) in [6.45, 7) is 8.93. The van der Waals surface area contributed by atoms with Crippen LogP contribution in [0.25, 0.3) is 0 Å². The molecule has 1 aliphatic carbocycles. The molecule has 0 spiro atoms. The van der Waals surface area contributed by atoms with Crippen LogP contribution in [0.1, 0.15) is 42.9 Å². The predicted molar refractivity (Wildman–Crippen MR) is 70.0 cm³/mol. The highest BCUT2D eigenvalue weighted by Crippen LogP contribution is 2.47. The van der Waals surface area contributed by atoms with Crippen molar-refractivity contribution >= 4 is 0 Å². The van der Waals surface area contributed by atoms with Crippen molar-refractivity contribution in [2.45, 2.75) is 45.4 Å². The third kappa shape index (κ3) is 2.30. The van der Waals surface area contributed by atoms with Crippen LogP contribution in [-0.4, -0.2) is 13.1 Å². The van der Waals surface area contributed by atoms with Crippen LogP contribution in [0.4, 0.5) is 0 Å². The topological polar surface area (TPSA) is 12.0 Å². The Hall–Kier alpha value is -0.820. The molecule has 0 heterocycles. The fourth-order valence-electron chi connectivity index (χ4n) is 2.29. The Labute approximate surface area is 99.3 Å². The largest absolute Gasteiger partial charge is 0.316 e. The summed E-state index contributed by atoms with van der Waals surface area (Å²) < 4.78 is 0. The van der Waals surface area contributed by atoms with Gasteiger partial charge in [-0.1, -0.05) is 25.1 Å². The quantitative estimate of drug-likeness (QED) is 0.746. The Balaban J connectivity index is 2.08. The van der Waals surface area contributed by atoms with Gasteiger partial charge in [-0.25, -0.2) is 0 Å². The maximum Gasteiger partial charge on any atom is 0.00785 e. The highest BCUT2D eigenvalue weighted by atomic mass is 14.9. The Kier molecular flexibility index (Phi) is 3.34. The van der Waals surface area contributed by atoms with E-state index in [2.05, 4.69) is 44.3 Å². The Bertz CT molecular complexity index is 364. The molecule has 0 unspecified atom stereocenters. The third-order valence-electron chi connectivity index (χ3n) is 3.86. The molecule has 88 valence electrons. The monoisotopic (exact) mass is 217 g/mol. The number of nitrogens with one attached hydrogen (secondary N) is 1. The average Bonchev–Trinajstić information content (AvgIpc) is 3.04. The zero-order chi connectivity index (χ0) is 11.6. The first kappa shape index (κ1) is 11.7. The Morgan fingerprint density at radius 1 is 1.19 bits per heavy atom. The molecule has 0 saturated heterocycles. The van der Waals surface area contributed by atoms with E-state index >= 15 is 0 Å². The van der Waals surface area contributed by atoms with Crippen molar-refractivity contribution in [1.82, 2.24) is 5.32 Å². The molecule has 0 bridgehead atoms. The highest BCUT2D eigenvalue weighted by molar-refractivity contribution is 5.38. The fraction of sp³-hybridized carbons (Fsp3) is 0.600. The first-order valence-corrected chi connectivity index (χ1v) is 6.46. The molecule has 1 aromatic carbocycles. The number of rotatable bonds is 5. The molecule has 1 nitrogen and oxygen atoms in total. The molecule has 0 atom stereocenters. The summed E-state index contributed by atoms with van der Waals surface area (Å²) in [5.74, 6) is 0. The molecule has 1 heteroatoms. The second kappa shape index (κ2) is 4.58.